The molecule has 3 aromatic rings. The number of ether oxygens (including phenoxy) is 1. The molecule has 0 aliphatic heterocycles. The molecule has 26 heavy (non-hydrogen) atoms. The number of fused-ring (bicyclic) bond motifs is 3. The molecule has 1 aromatic carbocycles. The molecule has 9 nitrogen and oxygen atoms in total. The number of imide groups is 1. The summed E-state index contributed by atoms with van der Waals surface area (Å²) in [7, 11) is 1.53. The summed E-state index contributed by atoms with van der Waals surface area (Å²) >= 11 is 1.19. The number of methoxy groups -OCH3 is 1. The topological polar surface area (TPSA) is 111 Å². The van der Waals surface area contributed by atoms with Gasteiger partial charge < -0.3 is 10.1 Å². The van der Waals surface area contributed by atoms with Crippen LogP contribution in [0.25, 0.3) is 16.6 Å². The quantitative estimate of drug-likeness (QED) is 0.378. The number of amides is 3. The van der Waals surface area contributed by atoms with Crippen LogP contribution in [-0.2, 0) is 9.53 Å². The maximum atomic E-state index is 12.0. The summed E-state index contributed by atoms with van der Waals surface area (Å²) in [6, 6.07) is 7.06. The number of carbonyl (C=O) groups excluding carboxylic acids is 2. The van der Waals surface area contributed by atoms with E-state index >= 15 is 0 Å². The first kappa shape index (κ1) is 18.1. The predicted octanol–water partition coefficient (Wildman–Crippen LogP) is 1.15. The van der Waals surface area contributed by atoms with Crippen LogP contribution in [0.1, 0.15) is 5.82 Å². The fraction of sp³-hybridized carbons (Fsp3) is 0.312. The predicted molar refractivity (Wildman–Crippen MR) is 97.2 cm³/mol. The van der Waals surface area contributed by atoms with Gasteiger partial charge in [-0.25, -0.2) is 14.8 Å². The van der Waals surface area contributed by atoms with E-state index in [-0.39, 0.29) is 5.75 Å². The Morgan fingerprint density at radius 3 is 2.88 bits per heavy atom. The van der Waals surface area contributed by atoms with Gasteiger partial charge in [-0.2, -0.15) is 4.52 Å². The third-order valence-electron chi connectivity index (χ3n) is 3.43. The molecule has 136 valence electrons. The number of aromatic nitrogens is 4. The lowest BCUT2D eigenvalue weighted by Crippen LogP contribution is -2.41. The van der Waals surface area contributed by atoms with Crippen molar-refractivity contribution in [1.82, 2.24) is 30.2 Å². The van der Waals surface area contributed by atoms with Gasteiger partial charge in [-0.05, 0) is 19.1 Å². The SMILES string of the molecule is COCCNC(=O)NC(=O)CSc1nc2ccccc2c2nc(C)nn12. The van der Waals surface area contributed by atoms with Crippen LogP contribution in [0.4, 0.5) is 4.79 Å². The zero-order valence-corrected chi connectivity index (χ0v) is 15.2. The molecule has 3 rings (SSSR count). The van der Waals surface area contributed by atoms with Crippen molar-refractivity contribution >= 4 is 40.3 Å². The Morgan fingerprint density at radius 2 is 2.08 bits per heavy atom. The number of carbonyl (C=O) groups is 2. The van der Waals surface area contributed by atoms with Gasteiger partial charge in [-0.3, -0.25) is 10.1 Å². The third-order valence-corrected chi connectivity index (χ3v) is 4.36. The van der Waals surface area contributed by atoms with Crippen molar-refractivity contribution in [3.05, 3.63) is 30.1 Å². The third kappa shape index (κ3) is 4.09. The van der Waals surface area contributed by atoms with Crippen LogP contribution < -0.4 is 10.6 Å². The maximum absolute atomic E-state index is 12.0. The van der Waals surface area contributed by atoms with Crippen molar-refractivity contribution in [3.8, 4) is 0 Å². The fourth-order valence-electron chi connectivity index (χ4n) is 2.33. The number of thioether (sulfide) groups is 1. The number of para-hydroxylation sites is 1. The van der Waals surface area contributed by atoms with E-state index in [4.69, 9.17) is 4.74 Å². The molecule has 10 heteroatoms. The first-order valence-electron chi connectivity index (χ1n) is 7.90. The minimum absolute atomic E-state index is 0.0248. The summed E-state index contributed by atoms with van der Waals surface area (Å²) in [5.41, 5.74) is 1.46. The smallest absolute Gasteiger partial charge is 0.321 e. The zero-order valence-electron chi connectivity index (χ0n) is 14.4. The summed E-state index contributed by atoms with van der Waals surface area (Å²) in [5.74, 6) is 0.216. The average molecular weight is 374 g/mol. The molecule has 0 atom stereocenters. The second-order valence-corrected chi connectivity index (χ2v) is 6.33. The van der Waals surface area contributed by atoms with Gasteiger partial charge in [0, 0.05) is 19.0 Å². The number of aryl methyl sites for hydroxylation is 1. The number of urea groups is 1. The number of nitrogens with zero attached hydrogens (tertiary/aromatic N) is 4. The highest BCUT2D eigenvalue weighted by molar-refractivity contribution is 7.99. The Bertz CT molecular complexity index is 958. The van der Waals surface area contributed by atoms with Gasteiger partial charge in [0.15, 0.2) is 10.8 Å². The molecule has 2 heterocycles. The van der Waals surface area contributed by atoms with Crippen LogP contribution in [0.2, 0.25) is 0 Å². The Hall–Kier alpha value is -2.72. The van der Waals surface area contributed by atoms with Gasteiger partial charge in [0.25, 0.3) is 0 Å². The Balaban J connectivity index is 1.72. The summed E-state index contributed by atoms with van der Waals surface area (Å²) in [6.45, 7) is 2.50. The molecule has 0 aliphatic rings. The van der Waals surface area contributed by atoms with E-state index in [2.05, 4.69) is 25.7 Å². The highest BCUT2D eigenvalue weighted by Gasteiger charge is 2.14. The number of rotatable bonds is 6. The van der Waals surface area contributed by atoms with E-state index in [1.807, 2.05) is 24.3 Å². The van der Waals surface area contributed by atoms with Crippen molar-refractivity contribution in [2.24, 2.45) is 0 Å². The van der Waals surface area contributed by atoms with Crippen LogP contribution >= 0.6 is 11.8 Å². The molecule has 0 saturated heterocycles. The summed E-state index contributed by atoms with van der Waals surface area (Å²) in [5, 5.41) is 10.6. The van der Waals surface area contributed by atoms with Gasteiger partial charge in [-0.1, -0.05) is 23.9 Å². The highest BCUT2D eigenvalue weighted by Crippen LogP contribution is 2.23. The van der Waals surface area contributed by atoms with E-state index in [0.717, 1.165) is 10.9 Å². The molecule has 0 spiro atoms. The fourth-order valence-corrected chi connectivity index (χ4v) is 3.08. The number of benzene rings is 1. The van der Waals surface area contributed by atoms with Crippen molar-refractivity contribution in [2.75, 3.05) is 26.0 Å². The van der Waals surface area contributed by atoms with Crippen LogP contribution in [0.5, 0.6) is 0 Å². The second kappa shape index (κ2) is 8.11. The Labute approximate surface area is 153 Å². The number of hydrogen-bond donors (Lipinski definition) is 2. The van der Waals surface area contributed by atoms with Gasteiger partial charge in [-0.15, -0.1) is 5.10 Å². The number of hydrogen-bond acceptors (Lipinski definition) is 7. The summed E-state index contributed by atoms with van der Waals surface area (Å²) in [4.78, 5) is 32.5. The Kier molecular flexibility index (Phi) is 5.64. The van der Waals surface area contributed by atoms with Crippen LogP contribution in [0.3, 0.4) is 0 Å². The molecule has 0 aliphatic carbocycles. The van der Waals surface area contributed by atoms with Crippen molar-refractivity contribution in [2.45, 2.75) is 12.1 Å². The van der Waals surface area contributed by atoms with Crippen LogP contribution in [0.15, 0.2) is 29.4 Å². The van der Waals surface area contributed by atoms with Gasteiger partial charge in [0.1, 0.15) is 5.82 Å². The molecular formula is C16H18N6O3S. The van der Waals surface area contributed by atoms with E-state index in [1.54, 1.807) is 11.4 Å². The summed E-state index contributed by atoms with van der Waals surface area (Å²) in [6.07, 6.45) is 0. The minimum Gasteiger partial charge on any atom is -0.383 e. The lowest BCUT2D eigenvalue weighted by Gasteiger charge is -2.07. The zero-order chi connectivity index (χ0) is 18.5. The molecule has 0 saturated carbocycles. The first-order valence-corrected chi connectivity index (χ1v) is 8.88. The van der Waals surface area contributed by atoms with Gasteiger partial charge in [0.05, 0.1) is 17.9 Å². The van der Waals surface area contributed by atoms with Crippen molar-refractivity contribution in [3.63, 3.8) is 0 Å². The molecule has 0 unspecified atom stereocenters. The molecular weight excluding hydrogens is 356 g/mol. The van der Waals surface area contributed by atoms with Crippen LogP contribution in [0, 0.1) is 6.92 Å². The largest absolute Gasteiger partial charge is 0.383 e. The van der Waals surface area contributed by atoms with E-state index in [1.165, 1.54) is 18.9 Å². The molecule has 0 radical (unpaired) electrons. The first-order chi connectivity index (χ1) is 12.6. The van der Waals surface area contributed by atoms with Crippen molar-refractivity contribution in [1.29, 1.82) is 0 Å². The summed E-state index contributed by atoms with van der Waals surface area (Å²) < 4.78 is 6.44. The number of nitrogens with one attached hydrogen (secondary N) is 2. The molecule has 2 aromatic heterocycles. The van der Waals surface area contributed by atoms with Crippen molar-refractivity contribution < 1.29 is 14.3 Å². The second-order valence-electron chi connectivity index (χ2n) is 5.39. The Morgan fingerprint density at radius 1 is 1.27 bits per heavy atom. The van der Waals surface area contributed by atoms with Crippen LogP contribution in [-0.4, -0.2) is 57.5 Å². The molecule has 3 amide bonds. The van der Waals surface area contributed by atoms with E-state index in [0.29, 0.717) is 29.8 Å². The molecule has 0 fully saturated rings. The normalized spacial score (nSPS) is 11.0. The molecule has 0 bridgehead atoms. The van der Waals surface area contributed by atoms with E-state index in [9.17, 15) is 9.59 Å². The monoisotopic (exact) mass is 374 g/mol. The highest BCUT2D eigenvalue weighted by atomic mass is 32.2. The van der Waals surface area contributed by atoms with E-state index < -0.39 is 11.9 Å². The average Bonchev–Trinajstić information content (AvgIpc) is 3.02. The maximum Gasteiger partial charge on any atom is 0.321 e. The molecule has 2 N–H and O–H groups in total. The lowest BCUT2D eigenvalue weighted by atomic mass is 10.2. The lowest BCUT2D eigenvalue weighted by molar-refractivity contribution is -0.117. The minimum atomic E-state index is -0.555. The van der Waals surface area contributed by atoms with Gasteiger partial charge in [0.2, 0.25) is 5.91 Å². The van der Waals surface area contributed by atoms with Gasteiger partial charge >= 0.3 is 6.03 Å². The standard InChI is InChI=1S/C16H18N6O3S/c1-10-18-14-11-5-3-4-6-12(11)19-16(22(14)21-10)26-9-13(23)20-15(24)17-7-8-25-2/h3-6H,7-9H2,1-2H3,(H2,17,20,23,24).